The Labute approximate surface area is 116 Å². The summed E-state index contributed by atoms with van der Waals surface area (Å²) in [4.78, 5) is 10.4. The first-order valence-corrected chi connectivity index (χ1v) is 6.88. The standard InChI is InChI=1S/C14H17FN4O/c1-9(2)14-17-13(18-20-14)10-5-4-8-19(10)12-7-3-6-11(15)16-12/h3,6-7,9-10H,4-5,8H2,1-2H3. The maximum atomic E-state index is 13.3. The Morgan fingerprint density at radius 3 is 2.90 bits per heavy atom. The number of nitrogens with zero attached hydrogens (tertiary/aromatic N) is 4. The second kappa shape index (κ2) is 5.19. The van der Waals surface area contributed by atoms with Crippen molar-refractivity contribution in [1.29, 1.82) is 0 Å². The van der Waals surface area contributed by atoms with Gasteiger partial charge in [-0.2, -0.15) is 9.37 Å². The van der Waals surface area contributed by atoms with E-state index in [-0.39, 0.29) is 12.0 Å². The predicted molar refractivity (Wildman–Crippen MR) is 71.9 cm³/mol. The van der Waals surface area contributed by atoms with E-state index in [0.717, 1.165) is 19.4 Å². The fourth-order valence-electron chi connectivity index (χ4n) is 2.48. The zero-order valence-electron chi connectivity index (χ0n) is 11.6. The van der Waals surface area contributed by atoms with Gasteiger partial charge in [-0.3, -0.25) is 0 Å². The van der Waals surface area contributed by atoms with E-state index >= 15 is 0 Å². The van der Waals surface area contributed by atoms with E-state index < -0.39 is 5.95 Å². The lowest BCUT2D eigenvalue weighted by atomic mass is 10.2. The Hall–Kier alpha value is -1.98. The number of hydrogen-bond acceptors (Lipinski definition) is 5. The molecule has 1 fully saturated rings. The van der Waals surface area contributed by atoms with Gasteiger partial charge >= 0.3 is 0 Å². The molecule has 0 bridgehead atoms. The third kappa shape index (κ3) is 2.37. The number of hydrogen-bond donors (Lipinski definition) is 0. The molecule has 6 heteroatoms. The van der Waals surface area contributed by atoms with Crippen LogP contribution in [-0.4, -0.2) is 21.7 Å². The highest BCUT2D eigenvalue weighted by Crippen LogP contribution is 2.34. The fourth-order valence-corrected chi connectivity index (χ4v) is 2.48. The van der Waals surface area contributed by atoms with Crippen LogP contribution in [0.25, 0.3) is 0 Å². The summed E-state index contributed by atoms with van der Waals surface area (Å²) in [5.74, 6) is 1.67. The molecule has 0 radical (unpaired) electrons. The fraction of sp³-hybridized carbons (Fsp3) is 0.500. The molecular weight excluding hydrogens is 259 g/mol. The zero-order chi connectivity index (χ0) is 14.1. The van der Waals surface area contributed by atoms with Crippen LogP contribution in [0.4, 0.5) is 10.2 Å². The molecule has 3 rings (SSSR count). The van der Waals surface area contributed by atoms with Crippen LogP contribution in [-0.2, 0) is 0 Å². The van der Waals surface area contributed by atoms with Gasteiger partial charge in [-0.15, -0.1) is 0 Å². The smallest absolute Gasteiger partial charge is 0.229 e. The summed E-state index contributed by atoms with van der Waals surface area (Å²) in [6.07, 6.45) is 1.93. The van der Waals surface area contributed by atoms with Crippen LogP contribution < -0.4 is 4.90 Å². The van der Waals surface area contributed by atoms with Crippen LogP contribution in [0.1, 0.15) is 50.4 Å². The highest BCUT2D eigenvalue weighted by Gasteiger charge is 2.31. The monoisotopic (exact) mass is 276 g/mol. The molecule has 1 aliphatic heterocycles. The molecule has 0 aromatic carbocycles. The van der Waals surface area contributed by atoms with Gasteiger partial charge in [0.1, 0.15) is 5.82 Å². The van der Waals surface area contributed by atoms with Gasteiger partial charge in [0.15, 0.2) is 5.82 Å². The van der Waals surface area contributed by atoms with Crippen molar-refractivity contribution in [2.75, 3.05) is 11.4 Å². The number of anilines is 1. The summed E-state index contributed by atoms with van der Waals surface area (Å²) in [6.45, 7) is 4.85. The first-order valence-electron chi connectivity index (χ1n) is 6.88. The molecule has 3 heterocycles. The van der Waals surface area contributed by atoms with Crippen molar-refractivity contribution in [2.45, 2.75) is 38.6 Å². The van der Waals surface area contributed by atoms with Crippen molar-refractivity contribution in [3.63, 3.8) is 0 Å². The van der Waals surface area contributed by atoms with Gasteiger partial charge in [-0.1, -0.05) is 25.1 Å². The average Bonchev–Trinajstić information content (AvgIpc) is 3.07. The molecule has 20 heavy (non-hydrogen) atoms. The first-order chi connectivity index (χ1) is 9.65. The Kier molecular flexibility index (Phi) is 3.38. The summed E-state index contributed by atoms with van der Waals surface area (Å²) in [6, 6.07) is 4.84. The molecule has 106 valence electrons. The lowest BCUT2D eigenvalue weighted by Crippen LogP contribution is -2.24. The molecule has 0 aliphatic carbocycles. The summed E-state index contributed by atoms with van der Waals surface area (Å²) in [5.41, 5.74) is 0. The predicted octanol–water partition coefficient (Wildman–Crippen LogP) is 3.07. The van der Waals surface area contributed by atoms with E-state index in [9.17, 15) is 4.39 Å². The van der Waals surface area contributed by atoms with Crippen LogP contribution in [0.3, 0.4) is 0 Å². The highest BCUT2D eigenvalue weighted by atomic mass is 19.1. The minimum absolute atomic E-state index is 0.0144. The van der Waals surface area contributed by atoms with Crippen molar-refractivity contribution in [3.05, 3.63) is 35.9 Å². The van der Waals surface area contributed by atoms with E-state index in [1.165, 1.54) is 6.07 Å². The minimum Gasteiger partial charge on any atom is -0.346 e. The van der Waals surface area contributed by atoms with Gasteiger partial charge in [0.2, 0.25) is 11.8 Å². The van der Waals surface area contributed by atoms with E-state index in [1.807, 2.05) is 24.8 Å². The van der Waals surface area contributed by atoms with Crippen molar-refractivity contribution in [1.82, 2.24) is 15.1 Å². The summed E-state index contributed by atoms with van der Waals surface area (Å²) >= 11 is 0. The number of rotatable bonds is 3. The van der Waals surface area contributed by atoms with Crippen LogP contribution in [0.2, 0.25) is 0 Å². The lowest BCUT2D eigenvalue weighted by molar-refractivity contribution is 0.358. The molecule has 1 atom stereocenters. The average molecular weight is 276 g/mol. The molecule has 0 N–H and O–H groups in total. The van der Waals surface area contributed by atoms with Crippen molar-refractivity contribution in [2.24, 2.45) is 0 Å². The van der Waals surface area contributed by atoms with Crippen molar-refractivity contribution < 1.29 is 8.91 Å². The summed E-state index contributed by atoms with van der Waals surface area (Å²) in [7, 11) is 0. The molecular formula is C14H17FN4O. The molecule has 0 saturated carbocycles. The number of aromatic nitrogens is 3. The van der Waals surface area contributed by atoms with Crippen LogP contribution in [0.5, 0.6) is 0 Å². The van der Waals surface area contributed by atoms with E-state index in [2.05, 4.69) is 15.1 Å². The Morgan fingerprint density at radius 1 is 1.35 bits per heavy atom. The molecule has 0 amide bonds. The molecule has 1 saturated heterocycles. The second-order valence-electron chi connectivity index (χ2n) is 5.32. The maximum absolute atomic E-state index is 13.3. The highest BCUT2D eigenvalue weighted by molar-refractivity contribution is 5.41. The Morgan fingerprint density at radius 2 is 2.20 bits per heavy atom. The van der Waals surface area contributed by atoms with Gasteiger partial charge in [-0.25, -0.2) is 4.98 Å². The van der Waals surface area contributed by atoms with E-state index in [4.69, 9.17) is 4.52 Å². The zero-order valence-corrected chi connectivity index (χ0v) is 11.6. The summed E-state index contributed by atoms with van der Waals surface area (Å²) in [5, 5.41) is 4.07. The van der Waals surface area contributed by atoms with Gasteiger partial charge < -0.3 is 9.42 Å². The first kappa shape index (κ1) is 13.0. The van der Waals surface area contributed by atoms with Crippen molar-refractivity contribution >= 4 is 5.82 Å². The van der Waals surface area contributed by atoms with E-state index in [1.54, 1.807) is 6.07 Å². The quantitative estimate of drug-likeness (QED) is 0.806. The SMILES string of the molecule is CC(C)c1nc(C2CCCN2c2cccc(F)n2)no1. The molecule has 5 nitrogen and oxygen atoms in total. The topological polar surface area (TPSA) is 55.1 Å². The van der Waals surface area contributed by atoms with Crippen LogP contribution in [0, 0.1) is 5.95 Å². The summed E-state index contributed by atoms with van der Waals surface area (Å²) < 4.78 is 18.5. The normalized spacial score (nSPS) is 19.0. The van der Waals surface area contributed by atoms with E-state index in [0.29, 0.717) is 17.5 Å². The number of halogens is 1. The van der Waals surface area contributed by atoms with Gasteiger partial charge in [0.25, 0.3) is 0 Å². The van der Waals surface area contributed by atoms with Crippen molar-refractivity contribution in [3.8, 4) is 0 Å². The maximum Gasteiger partial charge on any atom is 0.229 e. The largest absolute Gasteiger partial charge is 0.346 e. The molecule has 0 spiro atoms. The second-order valence-corrected chi connectivity index (χ2v) is 5.32. The van der Waals surface area contributed by atoms with Crippen LogP contribution in [0.15, 0.2) is 22.7 Å². The third-order valence-electron chi connectivity index (χ3n) is 3.50. The molecule has 2 aromatic heterocycles. The number of pyridine rings is 1. The van der Waals surface area contributed by atoms with Gasteiger partial charge in [-0.05, 0) is 25.0 Å². The van der Waals surface area contributed by atoms with Gasteiger partial charge in [0.05, 0.1) is 6.04 Å². The Balaban J connectivity index is 1.88. The minimum atomic E-state index is -0.468. The molecule has 1 unspecified atom stereocenters. The molecule has 2 aromatic rings. The van der Waals surface area contributed by atoms with Crippen LogP contribution >= 0.6 is 0 Å². The van der Waals surface area contributed by atoms with Gasteiger partial charge in [0, 0.05) is 12.5 Å². The third-order valence-corrected chi connectivity index (χ3v) is 3.50. The molecule has 1 aliphatic rings. The Bertz CT molecular complexity index is 598. The lowest BCUT2D eigenvalue weighted by Gasteiger charge is -2.23.